The Labute approximate surface area is 207 Å². The van der Waals surface area contributed by atoms with Crippen LogP contribution in [-0.4, -0.2) is 89.6 Å². The normalized spacial score (nSPS) is 18.0. The van der Waals surface area contributed by atoms with Gasteiger partial charge in [0, 0.05) is 43.5 Å². The number of aliphatic hydroxyl groups excluding tert-OH is 2. The van der Waals surface area contributed by atoms with Gasteiger partial charge in [0.1, 0.15) is 10.6 Å². The van der Waals surface area contributed by atoms with E-state index in [1.165, 1.54) is 17.3 Å². The Morgan fingerprint density at radius 1 is 1.09 bits per heavy atom. The van der Waals surface area contributed by atoms with Gasteiger partial charge in [0.2, 0.25) is 0 Å². The molecule has 0 radical (unpaired) electrons. The molecule has 0 saturated carbocycles. The van der Waals surface area contributed by atoms with Crippen LogP contribution < -0.4 is 9.80 Å². The lowest BCUT2D eigenvalue weighted by Gasteiger charge is -2.36. The van der Waals surface area contributed by atoms with Gasteiger partial charge in [-0.2, -0.15) is 0 Å². The molecule has 9 nitrogen and oxygen atoms in total. The van der Waals surface area contributed by atoms with Crippen LogP contribution in [0.1, 0.15) is 25.0 Å². The Morgan fingerprint density at radius 2 is 1.82 bits per heavy atom. The molecule has 5 rings (SSSR count). The third-order valence-corrected chi connectivity index (χ3v) is 7.98. The van der Waals surface area contributed by atoms with Crippen LogP contribution in [0.25, 0.3) is 20.4 Å². The van der Waals surface area contributed by atoms with Gasteiger partial charge in [0.15, 0.2) is 11.0 Å². The highest BCUT2D eigenvalue weighted by Gasteiger charge is 2.34. The molecule has 2 N–H and O–H groups in total. The number of aliphatic hydroxyl groups is 2. The maximum absolute atomic E-state index is 9.65. The third kappa shape index (κ3) is 4.33. The lowest BCUT2D eigenvalue weighted by atomic mass is 9.90. The highest BCUT2D eigenvalue weighted by Crippen LogP contribution is 2.45. The number of ether oxygens (including phenoxy) is 2. The van der Waals surface area contributed by atoms with Crippen molar-refractivity contribution in [1.29, 1.82) is 0 Å². The van der Waals surface area contributed by atoms with Crippen molar-refractivity contribution in [3.8, 4) is 0 Å². The molecule has 11 heteroatoms. The first-order valence-electron chi connectivity index (χ1n) is 11.6. The number of fused-ring (bicyclic) bond motifs is 5. The van der Waals surface area contributed by atoms with E-state index >= 15 is 0 Å². The minimum absolute atomic E-state index is 0.0225. The maximum Gasteiger partial charge on any atom is 0.189 e. The average Bonchev–Trinajstić information content (AvgIpc) is 3.21. The Hall–Kier alpha value is -1.76. The molecule has 0 spiro atoms. The van der Waals surface area contributed by atoms with Crippen LogP contribution in [0.5, 0.6) is 0 Å². The molecule has 0 atom stereocenters. The molecule has 0 unspecified atom stereocenters. The van der Waals surface area contributed by atoms with Gasteiger partial charge in [0.05, 0.1) is 48.9 Å². The van der Waals surface area contributed by atoms with Crippen LogP contribution in [0.2, 0.25) is 0 Å². The quantitative estimate of drug-likeness (QED) is 0.367. The van der Waals surface area contributed by atoms with Crippen LogP contribution in [0, 0.1) is 0 Å². The van der Waals surface area contributed by atoms with E-state index in [9.17, 15) is 10.2 Å². The first-order valence-corrected chi connectivity index (χ1v) is 13.6. The van der Waals surface area contributed by atoms with Gasteiger partial charge in [-0.3, -0.25) is 0 Å². The van der Waals surface area contributed by atoms with Crippen LogP contribution in [0.3, 0.4) is 0 Å². The predicted octanol–water partition coefficient (Wildman–Crippen LogP) is 2.44. The minimum atomic E-state index is -0.282. The molecule has 1 saturated heterocycles. The van der Waals surface area contributed by atoms with Crippen molar-refractivity contribution in [2.45, 2.75) is 37.6 Å². The largest absolute Gasteiger partial charge is 0.395 e. The zero-order valence-electron chi connectivity index (χ0n) is 19.8. The van der Waals surface area contributed by atoms with Crippen molar-refractivity contribution < 1.29 is 19.7 Å². The van der Waals surface area contributed by atoms with Gasteiger partial charge in [-0.15, -0.1) is 11.3 Å². The van der Waals surface area contributed by atoms with E-state index in [1.807, 2.05) is 11.2 Å². The van der Waals surface area contributed by atoms with Gasteiger partial charge in [-0.05, 0) is 25.7 Å². The predicted molar refractivity (Wildman–Crippen MR) is 136 cm³/mol. The summed E-state index contributed by atoms with van der Waals surface area (Å²) in [6, 6.07) is 0. The van der Waals surface area contributed by atoms with E-state index in [1.54, 1.807) is 11.3 Å². The molecule has 5 heterocycles. The van der Waals surface area contributed by atoms with Gasteiger partial charge < -0.3 is 29.5 Å². The summed E-state index contributed by atoms with van der Waals surface area (Å²) in [5.41, 5.74) is 3.00. The maximum atomic E-state index is 9.65. The van der Waals surface area contributed by atoms with Crippen molar-refractivity contribution in [3.63, 3.8) is 0 Å². The second kappa shape index (κ2) is 9.71. The number of hydrogen-bond acceptors (Lipinski definition) is 11. The smallest absolute Gasteiger partial charge is 0.189 e. The average molecular weight is 506 g/mol. The summed E-state index contributed by atoms with van der Waals surface area (Å²) in [6.07, 6.45) is 2.73. The summed E-state index contributed by atoms with van der Waals surface area (Å²) >= 11 is 3.08. The molecule has 0 aliphatic carbocycles. The Balaban J connectivity index is 1.79. The van der Waals surface area contributed by atoms with Gasteiger partial charge in [-0.1, -0.05) is 11.8 Å². The highest BCUT2D eigenvalue weighted by molar-refractivity contribution is 7.98. The molecular formula is C23H31N5O4S2. The summed E-state index contributed by atoms with van der Waals surface area (Å²) in [5, 5.41) is 21.0. The zero-order chi connectivity index (χ0) is 23.9. The first kappa shape index (κ1) is 24.0. The Bertz CT molecular complexity index is 1190. The van der Waals surface area contributed by atoms with Gasteiger partial charge in [-0.25, -0.2) is 15.0 Å². The molecular weight excluding hydrogens is 474 g/mol. The summed E-state index contributed by atoms with van der Waals surface area (Å²) in [5.74, 6) is 1.73. The van der Waals surface area contributed by atoms with Crippen molar-refractivity contribution in [1.82, 2.24) is 15.0 Å². The highest BCUT2D eigenvalue weighted by atomic mass is 32.2. The summed E-state index contributed by atoms with van der Waals surface area (Å²) < 4.78 is 12.8. The van der Waals surface area contributed by atoms with E-state index in [0.29, 0.717) is 38.1 Å². The van der Waals surface area contributed by atoms with E-state index in [0.717, 1.165) is 57.1 Å². The standard InChI is InChI=1S/C23H31N5O4S2/c1-23(2)12-14-15(13-32-23)19(28-6-10-31-11-7-28)25-21-16(14)17-18(34-21)20(26-22(24-17)33-3)27(4-8-29)5-9-30/h29-30H,4-13H2,1-3H3. The number of hydrogen-bond donors (Lipinski definition) is 2. The summed E-state index contributed by atoms with van der Waals surface area (Å²) in [6.45, 7) is 8.50. The Kier molecular flexibility index (Phi) is 6.84. The van der Waals surface area contributed by atoms with Gasteiger partial charge >= 0.3 is 0 Å². The van der Waals surface area contributed by atoms with Gasteiger partial charge in [0.25, 0.3) is 0 Å². The molecule has 0 aromatic carbocycles. The van der Waals surface area contributed by atoms with E-state index in [-0.39, 0.29) is 18.8 Å². The molecule has 0 bridgehead atoms. The Morgan fingerprint density at radius 3 is 2.50 bits per heavy atom. The van der Waals surface area contributed by atoms with E-state index in [2.05, 4.69) is 18.7 Å². The number of anilines is 2. The topological polar surface area (TPSA) is 104 Å². The second-order valence-corrected chi connectivity index (χ2v) is 10.9. The van der Waals surface area contributed by atoms with Crippen LogP contribution >= 0.6 is 23.1 Å². The monoisotopic (exact) mass is 505 g/mol. The third-order valence-electron chi connectivity index (χ3n) is 6.36. The van der Waals surface area contributed by atoms with E-state index < -0.39 is 0 Å². The number of thioether (sulfide) groups is 1. The summed E-state index contributed by atoms with van der Waals surface area (Å²) in [4.78, 5) is 20.1. The van der Waals surface area contributed by atoms with Crippen LogP contribution in [-0.2, 0) is 22.5 Å². The molecule has 34 heavy (non-hydrogen) atoms. The van der Waals surface area contributed by atoms with Crippen molar-refractivity contribution in [3.05, 3.63) is 11.1 Å². The number of rotatable bonds is 7. The lowest BCUT2D eigenvalue weighted by molar-refractivity contribution is -0.0396. The first-order chi connectivity index (χ1) is 16.5. The number of nitrogens with zero attached hydrogens (tertiary/aromatic N) is 5. The molecule has 184 valence electrons. The molecule has 0 amide bonds. The van der Waals surface area contributed by atoms with Crippen LogP contribution in [0.15, 0.2) is 5.16 Å². The zero-order valence-corrected chi connectivity index (χ0v) is 21.5. The number of aromatic nitrogens is 3. The minimum Gasteiger partial charge on any atom is -0.395 e. The lowest BCUT2D eigenvalue weighted by Crippen LogP contribution is -2.39. The number of pyridine rings is 1. The molecule has 1 fully saturated rings. The SMILES string of the molecule is CSc1nc(N(CCO)CCO)c2sc3nc(N4CCOCC4)c4c(c3c2n1)CC(C)(C)OC4. The number of thiophene rings is 1. The molecule has 3 aromatic rings. The van der Waals surface area contributed by atoms with Crippen molar-refractivity contribution in [2.24, 2.45) is 0 Å². The molecule has 2 aliphatic rings. The molecule has 2 aliphatic heterocycles. The fourth-order valence-corrected chi connectivity index (χ4v) is 6.25. The fraction of sp³-hybridized carbons (Fsp3) is 0.609. The van der Waals surface area contributed by atoms with Crippen molar-refractivity contribution >= 4 is 55.2 Å². The number of morpholine rings is 1. The summed E-state index contributed by atoms with van der Waals surface area (Å²) in [7, 11) is 0. The van der Waals surface area contributed by atoms with E-state index in [4.69, 9.17) is 24.4 Å². The fourth-order valence-electron chi connectivity index (χ4n) is 4.73. The second-order valence-electron chi connectivity index (χ2n) is 9.15. The van der Waals surface area contributed by atoms with Crippen molar-refractivity contribution in [2.75, 3.05) is 68.7 Å². The van der Waals surface area contributed by atoms with Crippen LogP contribution in [0.4, 0.5) is 11.6 Å². The molecule has 3 aromatic heterocycles.